The molecule has 3 atom stereocenters. The molecule has 0 amide bonds. The standard InChI is InChI=1S/C9H18N2/c1-6(2)11-7-3-4-9(11)8(10)5-7/h6-9H,3-5,10H2,1-2H3/t7-,8-,9+/m0/s1. The van der Waals surface area contributed by atoms with Crippen LogP contribution in [-0.2, 0) is 0 Å². The van der Waals surface area contributed by atoms with E-state index in [1.54, 1.807) is 0 Å². The Morgan fingerprint density at radius 3 is 2.36 bits per heavy atom. The smallest absolute Gasteiger partial charge is 0.0254 e. The van der Waals surface area contributed by atoms with Gasteiger partial charge in [-0.1, -0.05) is 0 Å². The fraction of sp³-hybridized carbons (Fsp3) is 1.00. The quantitative estimate of drug-likeness (QED) is 0.609. The normalized spacial score (nSPS) is 44.2. The summed E-state index contributed by atoms with van der Waals surface area (Å²) in [6.45, 7) is 4.56. The van der Waals surface area contributed by atoms with Gasteiger partial charge < -0.3 is 5.73 Å². The lowest BCUT2D eigenvalue weighted by Crippen LogP contribution is -2.40. The van der Waals surface area contributed by atoms with Gasteiger partial charge in [-0.25, -0.2) is 0 Å². The Balaban J connectivity index is 2.13. The molecule has 2 aliphatic rings. The summed E-state index contributed by atoms with van der Waals surface area (Å²) in [6.07, 6.45) is 3.96. The molecule has 2 rings (SSSR count). The van der Waals surface area contributed by atoms with Gasteiger partial charge in [-0.2, -0.15) is 0 Å². The lowest BCUT2D eigenvalue weighted by Gasteiger charge is -2.26. The van der Waals surface area contributed by atoms with Crippen LogP contribution in [0.1, 0.15) is 33.1 Å². The molecule has 2 N–H and O–H groups in total. The summed E-state index contributed by atoms with van der Waals surface area (Å²) in [6, 6.07) is 2.69. The molecule has 0 radical (unpaired) electrons. The van der Waals surface area contributed by atoms with Crippen molar-refractivity contribution in [2.45, 2.75) is 57.3 Å². The molecule has 11 heavy (non-hydrogen) atoms. The molecular formula is C9H18N2. The Morgan fingerprint density at radius 1 is 1.36 bits per heavy atom. The predicted octanol–water partition coefficient (Wildman–Crippen LogP) is 0.959. The highest BCUT2D eigenvalue weighted by Crippen LogP contribution is 2.37. The zero-order chi connectivity index (χ0) is 8.01. The van der Waals surface area contributed by atoms with Crippen LogP contribution in [0.4, 0.5) is 0 Å². The second kappa shape index (κ2) is 2.46. The van der Waals surface area contributed by atoms with E-state index in [9.17, 15) is 0 Å². The van der Waals surface area contributed by atoms with Crippen molar-refractivity contribution in [1.29, 1.82) is 0 Å². The highest BCUT2D eigenvalue weighted by Gasteiger charge is 2.45. The van der Waals surface area contributed by atoms with E-state index in [-0.39, 0.29) is 0 Å². The molecule has 2 fully saturated rings. The molecule has 0 aliphatic carbocycles. The number of nitrogens with zero attached hydrogens (tertiary/aromatic N) is 1. The molecule has 2 heterocycles. The lowest BCUT2D eigenvalue weighted by molar-refractivity contribution is 0.197. The second-order valence-corrected chi connectivity index (χ2v) is 4.24. The summed E-state index contributed by atoms with van der Waals surface area (Å²) in [5, 5.41) is 0. The average molecular weight is 154 g/mol. The van der Waals surface area contributed by atoms with Gasteiger partial charge in [0, 0.05) is 24.2 Å². The SMILES string of the molecule is CC(C)N1[C@H]2CC[C@@H]1[C@@H](N)C2. The average Bonchev–Trinajstić information content (AvgIpc) is 2.41. The van der Waals surface area contributed by atoms with Gasteiger partial charge in [-0.15, -0.1) is 0 Å². The number of hydrogen-bond donors (Lipinski definition) is 1. The minimum absolute atomic E-state index is 0.469. The van der Waals surface area contributed by atoms with Crippen LogP contribution < -0.4 is 5.73 Å². The summed E-state index contributed by atoms with van der Waals surface area (Å²) < 4.78 is 0. The van der Waals surface area contributed by atoms with Crippen LogP contribution in [-0.4, -0.2) is 29.1 Å². The van der Waals surface area contributed by atoms with Gasteiger partial charge in [0.05, 0.1) is 0 Å². The zero-order valence-electron chi connectivity index (χ0n) is 7.46. The number of nitrogens with two attached hydrogens (primary N) is 1. The molecule has 0 aromatic rings. The Kier molecular flexibility index (Phi) is 1.69. The first-order valence-electron chi connectivity index (χ1n) is 4.73. The maximum atomic E-state index is 6.01. The van der Waals surface area contributed by atoms with Crippen molar-refractivity contribution in [1.82, 2.24) is 4.90 Å². The maximum absolute atomic E-state index is 6.01. The van der Waals surface area contributed by atoms with Crippen LogP contribution in [0.25, 0.3) is 0 Å². The van der Waals surface area contributed by atoms with Crippen molar-refractivity contribution in [3.05, 3.63) is 0 Å². The minimum atomic E-state index is 0.469. The molecule has 0 aromatic heterocycles. The fourth-order valence-electron chi connectivity index (χ4n) is 2.88. The molecule has 2 aliphatic heterocycles. The highest BCUT2D eigenvalue weighted by molar-refractivity contribution is 5.03. The van der Waals surface area contributed by atoms with Gasteiger partial charge in [0.15, 0.2) is 0 Å². The summed E-state index contributed by atoms with van der Waals surface area (Å²) in [4.78, 5) is 2.62. The van der Waals surface area contributed by atoms with Gasteiger partial charge in [-0.05, 0) is 33.1 Å². The first-order valence-corrected chi connectivity index (χ1v) is 4.73. The first-order chi connectivity index (χ1) is 5.20. The molecular weight excluding hydrogens is 136 g/mol. The maximum Gasteiger partial charge on any atom is 0.0254 e. The van der Waals surface area contributed by atoms with E-state index in [0.29, 0.717) is 18.1 Å². The molecule has 2 heteroatoms. The Bertz CT molecular complexity index is 156. The van der Waals surface area contributed by atoms with E-state index in [1.165, 1.54) is 19.3 Å². The second-order valence-electron chi connectivity index (χ2n) is 4.24. The molecule has 2 bridgehead atoms. The van der Waals surface area contributed by atoms with Crippen molar-refractivity contribution < 1.29 is 0 Å². The van der Waals surface area contributed by atoms with Crippen LogP contribution in [0.15, 0.2) is 0 Å². The number of rotatable bonds is 1. The van der Waals surface area contributed by atoms with Crippen LogP contribution in [0, 0.1) is 0 Å². The van der Waals surface area contributed by atoms with Gasteiger partial charge in [0.2, 0.25) is 0 Å². The third-order valence-electron chi connectivity index (χ3n) is 3.23. The van der Waals surface area contributed by atoms with E-state index in [1.807, 2.05) is 0 Å². The molecule has 0 unspecified atom stereocenters. The van der Waals surface area contributed by atoms with E-state index >= 15 is 0 Å². The summed E-state index contributed by atoms with van der Waals surface area (Å²) in [5.74, 6) is 0. The van der Waals surface area contributed by atoms with Crippen LogP contribution in [0.3, 0.4) is 0 Å². The zero-order valence-corrected chi connectivity index (χ0v) is 7.46. The van der Waals surface area contributed by atoms with Crippen molar-refractivity contribution in [2.75, 3.05) is 0 Å². The van der Waals surface area contributed by atoms with Crippen molar-refractivity contribution in [3.8, 4) is 0 Å². The number of fused-ring (bicyclic) bond motifs is 2. The van der Waals surface area contributed by atoms with Gasteiger partial charge >= 0.3 is 0 Å². The summed E-state index contributed by atoms with van der Waals surface area (Å²) in [7, 11) is 0. The van der Waals surface area contributed by atoms with E-state index < -0.39 is 0 Å². The molecule has 0 aromatic carbocycles. The predicted molar refractivity (Wildman–Crippen MR) is 46.4 cm³/mol. The van der Waals surface area contributed by atoms with Crippen molar-refractivity contribution >= 4 is 0 Å². The fourth-order valence-corrected chi connectivity index (χ4v) is 2.88. The van der Waals surface area contributed by atoms with Gasteiger partial charge in [-0.3, -0.25) is 4.90 Å². The summed E-state index contributed by atoms with van der Waals surface area (Å²) >= 11 is 0. The minimum Gasteiger partial charge on any atom is -0.326 e. The van der Waals surface area contributed by atoms with E-state index in [0.717, 1.165) is 6.04 Å². The van der Waals surface area contributed by atoms with Crippen LogP contribution in [0.2, 0.25) is 0 Å². The van der Waals surface area contributed by atoms with Gasteiger partial charge in [0.25, 0.3) is 0 Å². The monoisotopic (exact) mass is 154 g/mol. The Labute approximate surface area is 68.7 Å². The molecule has 64 valence electrons. The third-order valence-corrected chi connectivity index (χ3v) is 3.23. The number of hydrogen-bond acceptors (Lipinski definition) is 2. The van der Waals surface area contributed by atoms with Crippen LogP contribution in [0.5, 0.6) is 0 Å². The highest BCUT2D eigenvalue weighted by atomic mass is 15.3. The third kappa shape index (κ3) is 1.00. The molecule has 0 spiro atoms. The van der Waals surface area contributed by atoms with E-state index in [4.69, 9.17) is 5.73 Å². The largest absolute Gasteiger partial charge is 0.326 e. The first kappa shape index (κ1) is 7.56. The topological polar surface area (TPSA) is 29.3 Å². The molecule has 0 saturated carbocycles. The summed E-state index contributed by atoms with van der Waals surface area (Å²) in [5.41, 5.74) is 6.01. The van der Waals surface area contributed by atoms with Gasteiger partial charge in [0.1, 0.15) is 0 Å². The van der Waals surface area contributed by atoms with E-state index in [2.05, 4.69) is 18.7 Å². The molecule has 2 saturated heterocycles. The Hall–Kier alpha value is -0.0800. The van der Waals surface area contributed by atoms with Crippen LogP contribution >= 0.6 is 0 Å². The molecule has 2 nitrogen and oxygen atoms in total. The van der Waals surface area contributed by atoms with Crippen molar-refractivity contribution in [2.24, 2.45) is 5.73 Å². The van der Waals surface area contributed by atoms with Crippen molar-refractivity contribution in [3.63, 3.8) is 0 Å². The lowest BCUT2D eigenvalue weighted by atomic mass is 9.97. The Morgan fingerprint density at radius 2 is 2.09 bits per heavy atom.